The van der Waals surface area contributed by atoms with Crippen molar-refractivity contribution in [3.05, 3.63) is 17.7 Å². The minimum Gasteiger partial charge on any atom is -0.504 e. The van der Waals surface area contributed by atoms with Crippen LogP contribution in [0, 0.1) is 5.92 Å². The number of aliphatic hydroxyl groups is 5. The van der Waals surface area contributed by atoms with Crippen molar-refractivity contribution in [3.63, 3.8) is 0 Å². The smallest absolute Gasteiger partial charge is 0.200 e. The molecule has 2 aliphatic heterocycles. The topological polar surface area (TPSA) is 238 Å². The van der Waals surface area contributed by atoms with E-state index in [9.17, 15) is 25.2 Å². The van der Waals surface area contributed by atoms with Gasteiger partial charge in [-0.05, 0) is 19.1 Å². The second kappa shape index (κ2) is 13.7. The third kappa shape index (κ3) is 7.73. The lowest BCUT2D eigenvalue weighted by Crippen LogP contribution is -2.56. The standard InChI is InChI=1S/C12H22O8.C8H8O4.CH4.H2O/c1-5-4-18-12(10(16)8(5)14)20-7-2-6(3-13)19-11(17)9(7)15;1-4(9)5-2-6(10)8(12)7(11)3-5;;/h5-17H,2-4H2,1H3;2-3,10-12H,1H3;1H4;1H2. The van der Waals surface area contributed by atoms with Crippen molar-refractivity contribution in [3.8, 4) is 17.2 Å². The number of carbonyl (C=O) groups is 1. The number of ketones is 1. The summed E-state index contributed by atoms with van der Waals surface area (Å²) >= 11 is 0. The Balaban J connectivity index is 0.000000675. The molecule has 0 radical (unpaired) electrons. The van der Waals surface area contributed by atoms with Crippen molar-refractivity contribution in [2.75, 3.05) is 13.2 Å². The maximum absolute atomic E-state index is 10.8. The number of phenols is 3. The molecule has 2 saturated heterocycles. The van der Waals surface area contributed by atoms with Gasteiger partial charge >= 0.3 is 0 Å². The Labute approximate surface area is 196 Å². The molecular formula is C21H36O13. The van der Waals surface area contributed by atoms with Crippen LogP contribution in [0.25, 0.3) is 0 Å². The molecule has 198 valence electrons. The molecule has 8 unspecified atom stereocenters. The predicted molar refractivity (Wildman–Crippen MR) is 116 cm³/mol. The lowest BCUT2D eigenvalue weighted by molar-refractivity contribution is -0.317. The van der Waals surface area contributed by atoms with Gasteiger partial charge in [-0.2, -0.15) is 0 Å². The first-order valence-electron chi connectivity index (χ1n) is 9.97. The maximum Gasteiger partial charge on any atom is 0.200 e. The molecule has 13 nitrogen and oxygen atoms in total. The van der Waals surface area contributed by atoms with Gasteiger partial charge in [0.2, 0.25) is 0 Å². The van der Waals surface area contributed by atoms with Crippen molar-refractivity contribution in [1.29, 1.82) is 0 Å². The summed E-state index contributed by atoms with van der Waals surface area (Å²) in [6, 6.07) is 2.19. The number of phenolic OH excluding ortho intramolecular Hbond substituents is 3. The van der Waals surface area contributed by atoms with Gasteiger partial charge in [0.1, 0.15) is 12.2 Å². The van der Waals surface area contributed by atoms with Crippen LogP contribution in [0.3, 0.4) is 0 Å². The number of benzene rings is 1. The number of ether oxygens (including phenoxy) is 3. The van der Waals surface area contributed by atoms with Crippen LogP contribution in [-0.4, -0.2) is 108 Å². The Kier molecular flexibility index (Phi) is 12.9. The highest BCUT2D eigenvalue weighted by molar-refractivity contribution is 5.95. The van der Waals surface area contributed by atoms with Gasteiger partial charge in [-0.3, -0.25) is 4.79 Å². The second-order valence-corrected chi connectivity index (χ2v) is 7.81. The number of aliphatic hydroxyl groups excluding tert-OH is 5. The molecule has 2 heterocycles. The minimum absolute atomic E-state index is 0. The van der Waals surface area contributed by atoms with Gasteiger partial charge in [0, 0.05) is 17.9 Å². The number of Topliss-reactive ketones (excluding diaryl/α,β-unsaturated/α-hetero) is 1. The van der Waals surface area contributed by atoms with Crippen LogP contribution in [0.1, 0.15) is 38.1 Å². The van der Waals surface area contributed by atoms with Crippen LogP contribution < -0.4 is 0 Å². The van der Waals surface area contributed by atoms with Crippen LogP contribution in [0.5, 0.6) is 17.2 Å². The largest absolute Gasteiger partial charge is 0.504 e. The van der Waals surface area contributed by atoms with Crippen LogP contribution in [-0.2, 0) is 14.2 Å². The highest BCUT2D eigenvalue weighted by Crippen LogP contribution is 2.35. The molecule has 8 atom stereocenters. The van der Waals surface area contributed by atoms with Gasteiger partial charge < -0.3 is 60.5 Å². The van der Waals surface area contributed by atoms with Crippen molar-refractivity contribution >= 4 is 5.78 Å². The summed E-state index contributed by atoms with van der Waals surface area (Å²) in [5.41, 5.74) is 0.155. The van der Waals surface area contributed by atoms with E-state index in [1.807, 2.05) is 0 Å². The fraction of sp³-hybridized carbons (Fsp3) is 0.667. The minimum atomic E-state index is -1.48. The first-order valence-corrected chi connectivity index (χ1v) is 9.97. The molecule has 0 spiro atoms. The Morgan fingerprint density at radius 2 is 1.62 bits per heavy atom. The highest BCUT2D eigenvalue weighted by atomic mass is 16.7. The van der Waals surface area contributed by atoms with E-state index < -0.39 is 60.3 Å². The summed E-state index contributed by atoms with van der Waals surface area (Å²) in [6.07, 6.45) is -7.49. The Morgan fingerprint density at radius 1 is 1.06 bits per heavy atom. The highest BCUT2D eigenvalue weighted by Gasteiger charge is 2.43. The maximum atomic E-state index is 10.8. The van der Waals surface area contributed by atoms with E-state index in [0.29, 0.717) is 0 Å². The van der Waals surface area contributed by atoms with Gasteiger partial charge in [-0.1, -0.05) is 14.4 Å². The molecule has 34 heavy (non-hydrogen) atoms. The van der Waals surface area contributed by atoms with Gasteiger partial charge in [0.15, 0.2) is 35.6 Å². The summed E-state index contributed by atoms with van der Waals surface area (Å²) in [5.74, 6) is -2.12. The summed E-state index contributed by atoms with van der Waals surface area (Å²) in [7, 11) is 0. The quantitative estimate of drug-likeness (QED) is 0.173. The van der Waals surface area contributed by atoms with Crippen LogP contribution in [0.4, 0.5) is 0 Å². The number of hydrogen-bond donors (Lipinski definition) is 8. The number of aromatic hydroxyl groups is 3. The number of carbonyl (C=O) groups excluding carboxylic acids is 1. The SMILES string of the molecule is C.CC(=O)c1cc(O)c(O)c(O)c1.CC1COC(OC2CC(CO)OC(O)C2O)C(O)C1O.O. The average molecular weight is 497 g/mol. The summed E-state index contributed by atoms with van der Waals surface area (Å²) in [4.78, 5) is 10.8. The van der Waals surface area contributed by atoms with Crippen LogP contribution in [0.2, 0.25) is 0 Å². The first-order chi connectivity index (χ1) is 15.0. The molecule has 0 aliphatic carbocycles. The molecule has 0 aromatic heterocycles. The third-order valence-corrected chi connectivity index (χ3v) is 5.22. The van der Waals surface area contributed by atoms with Crippen molar-refractivity contribution < 1.29 is 65.3 Å². The number of rotatable bonds is 4. The van der Waals surface area contributed by atoms with Gasteiger partial charge in [0.25, 0.3) is 0 Å². The molecule has 3 rings (SSSR count). The number of hydrogen-bond acceptors (Lipinski definition) is 12. The summed E-state index contributed by atoms with van der Waals surface area (Å²) in [6.45, 7) is 2.93. The lowest BCUT2D eigenvalue weighted by Gasteiger charge is -2.41. The Bertz CT molecular complexity index is 750. The summed E-state index contributed by atoms with van der Waals surface area (Å²) < 4.78 is 15.7. The molecule has 1 aromatic rings. The van der Waals surface area contributed by atoms with Crippen molar-refractivity contribution in [2.45, 2.75) is 70.8 Å². The van der Waals surface area contributed by atoms with Gasteiger partial charge in [-0.25, -0.2) is 0 Å². The fourth-order valence-electron chi connectivity index (χ4n) is 3.21. The Hall–Kier alpha value is -2.07. The fourth-order valence-corrected chi connectivity index (χ4v) is 3.21. The molecule has 2 fully saturated rings. The van der Waals surface area contributed by atoms with Crippen molar-refractivity contribution in [1.82, 2.24) is 0 Å². The average Bonchev–Trinajstić information content (AvgIpc) is 2.75. The predicted octanol–water partition coefficient (Wildman–Crippen LogP) is -1.64. The van der Waals surface area contributed by atoms with Crippen LogP contribution in [0.15, 0.2) is 12.1 Å². The van der Waals surface area contributed by atoms with E-state index in [1.165, 1.54) is 6.92 Å². The zero-order valence-corrected chi connectivity index (χ0v) is 18.1. The van der Waals surface area contributed by atoms with Gasteiger partial charge in [0.05, 0.1) is 31.5 Å². The van der Waals surface area contributed by atoms with E-state index in [2.05, 4.69) is 0 Å². The first kappa shape index (κ1) is 31.9. The second-order valence-electron chi connectivity index (χ2n) is 7.81. The van der Waals surface area contributed by atoms with E-state index in [4.69, 9.17) is 34.6 Å². The molecule has 13 heteroatoms. The Morgan fingerprint density at radius 3 is 2.12 bits per heavy atom. The lowest BCUT2D eigenvalue weighted by atomic mass is 9.97. The normalized spacial score (nSPS) is 32.9. The molecule has 0 amide bonds. The van der Waals surface area contributed by atoms with Crippen LogP contribution >= 0.6 is 0 Å². The molecule has 10 N–H and O–H groups in total. The van der Waals surface area contributed by atoms with Crippen molar-refractivity contribution in [2.24, 2.45) is 5.92 Å². The molecule has 0 saturated carbocycles. The molecular weight excluding hydrogens is 460 g/mol. The van der Waals surface area contributed by atoms with E-state index in [-0.39, 0.29) is 49.8 Å². The third-order valence-electron chi connectivity index (χ3n) is 5.22. The van der Waals surface area contributed by atoms with E-state index >= 15 is 0 Å². The van der Waals surface area contributed by atoms with E-state index in [1.54, 1.807) is 6.92 Å². The molecule has 2 aliphatic rings. The zero-order valence-electron chi connectivity index (χ0n) is 18.1. The zero-order chi connectivity index (χ0) is 24.2. The van der Waals surface area contributed by atoms with E-state index in [0.717, 1.165) is 12.1 Å². The summed E-state index contributed by atoms with van der Waals surface area (Å²) in [5, 5.41) is 74.9. The van der Waals surface area contributed by atoms with Gasteiger partial charge in [-0.15, -0.1) is 0 Å². The monoisotopic (exact) mass is 496 g/mol. The molecule has 0 bridgehead atoms. The molecule has 1 aromatic carbocycles.